The number of aliphatic hydroxyl groups is 1. The van der Waals surface area contributed by atoms with Crippen molar-refractivity contribution < 1.29 is 23.8 Å². The number of ketones is 1. The zero-order valence-corrected chi connectivity index (χ0v) is 17.9. The summed E-state index contributed by atoms with van der Waals surface area (Å²) in [4.78, 5) is 27.5. The first-order valence-corrected chi connectivity index (χ1v) is 10.1. The Kier molecular flexibility index (Phi) is 5.53. The minimum absolute atomic E-state index is 0.0410. The van der Waals surface area contributed by atoms with Crippen molar-refractivity contribution in [1.82, 2.24) is 0 Å². The van der Waals surface area contributed by atoms with Gasteiger partial charge in [-0.25, -0.2) is 4.39 Å². The van der Waals surface area contributed by atoms with Crippen molar-refractivity contribution >= 4 is 23.1 Å². The van der Waals surface area contributed by atoms with E-state index in [0.717, 1.165) is 11.1 Å². The lowest BCUT2D eigenvalue weighted by Gasteiger charge is -2.25. The van der Waals surface area contributed by atoms with Crippen molar-refractivity contribution in [2.75, 3.05) is 12.0 Å². The number of halogens is 1. The Hall–Kier alpha value is -3.93. The van der Waals surface area contributed by atoms with E-state index in [0.29, 0.717) is 22.6 Å². The van der Waals surface area contributed by atoms with Crippen LogP contribution in [0.5, 0.6) is 5.75 Å². The van der Waals surface area contributed by atoms with E-state index in [1.807, 2.05) is 19.9 Å². The number of rotatable bonds is 4. The molecule has 5 nitrogen and oxygen atoms in total. The van der Waals surface area contributed by atoms with Crippen LogP contribution in [-0.4, -0.2) is 23.9 Å². The predicted octanol–water partition coefficient (Wildman–Crippen LogP) is 5.08. The molecule has 1 atom stereocenters. The van der Waals surface area contributed by atoms with Crippen LogP contribution in [0.3, 0.4) is 0 Å². The van der Waals surface area contributed by atoms with Gasteiger partial charge >= 0.3 is 0 Å². The standard InChI is InChI=1S/C26H22FNO4/c1-15-4-5-18(14-16(15)2)24(29)22-23(17-6-8-19(27)9-7-17)28(26(31)25(22)30)20-10-12-21(32-3)13-11-20/h4-14,23,29H,1-3H3/b24-22-. The highest BCUT2D eigenvalue weighted by molar-refractivity contribution is 6.51. The molecule has 1 N–H and O–H groups in total. The van der Waals surface area contributed by atoms with Gasteiger partial charge in [-0.15, -0.1) is 0 Å². The summed E-state index contributed by atoms with van der Waals surface area (Å²) in [6.45, 7) is 3.85. The normalized spacial score (nSPS) is 17.6. The van der Waals surface area contributed by atoms with Crippen LogP contribution in [0.15, 0.2) is 72.3 Å². The number of ether oxygens (including phenoxy) is 1. The van der Waals surface area contributed by atoms with Crippen LogP contribution >= 0.6 is 0 Å². The van der Waals surface area contributed by atoms with Crippen molar-refractivity contribution in [3.63, 3.8) is 0 Å². The lowest BCUT2D eigenvalue weighted by atomic mass is 9.94. The van der Waals surface area contributed by atoms with Gasteiger partial charge in [0.15, 0.2) is 0 Å². The van der Waals surface area contributed by atoms with Gasteiger partial charge in [-0.1, -0.05) is 24.3 Å². The molecule has 0 radical (unpaired) electrons. The van der Waals surface area contributed by atoms with E-state index in [1.54, 1.807) is 36.4 Å². The minimum Gasteiger partial charge on any atom is -0.507 e. The summed E-state index contributed by atoms with van der Waals surface area (Å²) in [7, 11) is 1.53. The molecule has 0 saturated carbocycles. The number of amides is 1. The van der Waals surface area contributed by atoms with Gasteiger partial charge in [0.25, 0.3) is 11.7 Å². The van der Waals surface area contributed by atoms with E-state index in [4.69, 9.17) is 4.74 Å². The number of Topliss-reactive ketones (excluding diaryl/α,β-unsaturated/α-hetero) is 1. The Morgan fingerprint density at radius 2 is 1.59 bits per heavy atom. The van der Waals surface area contributed by atoms with Crippen LogP contribution < -0.4 is 9.64 Å². The minimum atomic E-state index is -0.911. The third-order valence-electron chi connectivity index (χ3n) is 5.76. The summed E-state index contributed by atoms with van der Waals surface area (Å²) in [5.41, 5.74) is 3.34. The Balaban J connectivity index is 1.92. The van der Waals surface area contributed by atoms with Crippen molar-refractivity contribution in [2.45, 2.75) is 19.9 Å². The summed E-state index contributed by atoms with van der Waals surface area (Å²) < 4.78 is 18.8. The van der Waals surface area contributed by atoms with Gasteiger partial charge < -0.3 is 9.84 Å². The Labute approximate surface area is 185 Å². The van der Waals surface area contributed by atoms with Crippen molar-refractivity contribution in [3.05, 3.63) is 100 Å². The number of aliphatic hydroxyl groups excluding tert-OH is 1. The molecule has 0 aliphatic carbocycles. The van der Waals surface area contributed by atoms with E-state index in [1.165, 1.54) is 36.3 Å². The van der Waals surface area contributed by atoms with Gasteiger partial charge in [0.1, 0.15) is 17.3 Å². The first-order valence-electron chi connectivity index (χ1n) is 10.1. The van der Waals surface area contributed by atoms with Crippen LogP contribution in [0.25, 0.3) is 5.76 Å². The second kappa shape index (κ2) is 8.30. The number of methoxy groups -OCH3 is 1. The monoisotopic (exact) mass is 431 g/mol. The number of benzene rings is 3. The van der Waals surface area contributed by atoms with Crippen LogP contribution in [0.4, 0.5) is 10.1 Å². The Bertz CT molecular complexity index is 1230. The third-order valence-corrected chi connectivity index (χ3v) is 5.76. The molecule has 1 heterocycles. The summed E-state index contributed by atoms with van der Waals surface area (Å²) in [6.07, 6.45) is 0. The highest BCUT2D eigenvalue weighted by Gasteiger charge is 2.47. The van der Waals surface area contributed by atoms with Gasteiger partial charge in [-0.2, -0.15) is 0 Å². The van der Waals surface area contributed by atoms with Gasteiger partial charge in [0.05, 0.1) is 18.7 Å². The molecule has 3 aromatic rings. The largest absolute Gasteiger partial charge is 0.507 e. The fourth-order valence-electron chi connectivity index (χ4n) is 3.85. The lowest BCUT2D eigenvalue weighted by Crippen LogP contribution is -2.29. The molecule has 0 bridgehead atoms. The fraction of sp³-hybridized carbons (Fsp3) is 0.154. The second-order valence-electron chi connectivity index (χ2n) is 7.72. The van der Waals surface area contributed by atoms with E-state index in [9.17, 15) is 19.1 Å². The van der Waals surface area contributed by atoms with Gasteiger partial charge in [0, 0.05) is 11.3 Å². The summed E-state index contributed by atoms with van der Waals surface area (Å²) in [6, 6.07) is 16.6. The molecule has 3 aromatic carbocycles. The maximum absolute atomic E-state index is 13.6. The average molecular weight is 431 g/mol. The van der Waals surface area contributed by atoms with Gasteiger partial charge in [-0.3, -0.25) is 14.5 Å². The van der Waals surface area contributed by atoms with Crippen LogP contribution in [0.2, 0.25) is 0 Å². The van der Waals surface area contributed by atoms with E-state index >= 15 is 0 Å². The molecule has 1 aliphatic rings. The molecule has 1 fully saturated rings. The van der Waals surface area contributed by atoms with Crippen LogP contribution in [-0.2, 0) is 9.59 Å². The number of carbonyl (C=O) groups is 2. The fourth-order valence-corrected chi connectivity index (χ4v) is 3.85. The van der Waals surface area contributed by atoms with Gasteiger partial charge in [-0.05, 0) is 73.0 Å². The average Bonchev–Trinajstić information content (AvgIpc) is 3.06. The topological polar surface area (TPSA) is 66.8 Å². The summed E-state index contributed by atoms with van der Waals surface area (Å²) in [5, 5.41) is 11.1. The molecule has 1 saturated heterocycles. The Morgan fingerprint density at radius 1 is 0.938 bits per heavy atom. The quantitative estimate of drug-likeness (QED) is 0.356. The Morgan fingerprint density at radius 3 is 2.19 bits per heavy atom. The van der Waals surface area contributed by atoms with Crippen molar-refractivity contribution in [2.24, 2.45) is 0 Å². The lowest BCUT2D eigenvalue weighted by molar-refractivity contribution is -0.132. The molecule has 1 aliphatic heterocycles. The molecule has 32 heavy (non-hydrogen) atoms. The number of anilines is 1. The van der Waals surface area contributed by atoms with Crippen molar-refractivity contribution in [3.8, 4) is 5.75 Å². The highest BCUT2D eigenvalue weighted by Crippen LogP contribution is 2.42. The molecule has 1 amide bonds. The van der Waals surface area contributed by atoms with Crippen molar-refractivity contribution in [1.29, 1.82) is 0 Å². The molecule has 162 valence electrons. The second-order valence-corrected chi connectivity index (χ2v) is 7.72. The molecule has 4 rings (SSSR count). The predicted molar refractivity (Wildman–Crippen MR) is 120 cm³/mol. The summed E-state index contributed by atoms with van der Waals surface area (Å²) >= 11 is 0. The smallest absolute Gasteiger partial charge is 0.300 e. The molecule has 0 aromatic heterocycles. The number of hydrogen-bond acceptors (Lipinski definition) is 4. The molecular weight excluding hydrogens is 409 g/mol. The van der Waals surface area contributed by atoms with E-state index < -0.39 is 23.5 Å². The molecule has 6 heteroatoms. The number of nitrogens with zero attached hydrogens (tertiary/aromatic N) is 1. The van der Waals surface area contributed by atoms with Crippen LogP contribution in [0.1, 0.15) is 28.3 Å². The summed E-state index contributed by atoms with van der Waals surface area (Å²) in [5.74, 6) is -1.68. The number of hydrogen-bond donors (Lipinski definition) is 1. The van der Waals surface area contributed by atoms with Gasteiger partial charge in [0.2, 0.25) is 0 Å². The van der Waals surface area contributed by atoms with E-state index in [2.05, 4.69) is 0 Å². The molecular formula is C26H22FNO4. The zero-order chi connectivity index (χ0) is 23.0. The highest BCUT2D eigenvalue weighted by atomic mass is 19.1. The van der Waals surface area contributed by atoms with Crippen LogP contribution in [0, 0.1) is 19.7 Å². The molecule has 1 unspecified atom stereocenters. The number of carbonyl (C=O) groups excluding carboxylic acids is 2. The van der Waals surface area contributed by atoms with E-state index in [-0.39, 0.29) is 11.3 Å². The zero-order valence-electron chi connectivity index (χ0n) is 17.9. The number of aryl methyl sites for hydroxylation is 2. The third kappa shape index (κ3) is 3.64. The molecule has 0 spiro atoms. The first-order chi connectivity index (χ1) is 15.3. The SMILES string of the molecule is COc1ccc(N2C(=O)C(=O)/C(=C(\O)c3ccc(C)c(C)c3)C2c2ccc(F)cc2)cc1. The maximum atomic E-state index is 13.6. The first kappa shape index (κ1) is 21.3. The maximum Gasteiger partial charge on any atom is 0.300 e.